The van der Waals surface area contributed by atoms with Crippen LogP contribution >= 0.6 is 11.6 Å². The highest BCUT2D eigenvalue weighted by Gasteiger charge is 2.03. The molecular weight excluding hydrogens is 306 g/mol. The van der Waals surface area contributed by atoms with Gasteiger partial charge in [-0.1, -0.05) is 60.1 Å². The van der Waals surface area contributed by atoms with E-state index >= 15 is 0 Å². The second-order valence-electron chi connectivity index (χ2n) is 5.24. The molecule has 3 heteroatoms. The lowest BCUT2D eigenvalue weighted by Crippen LogP contribution is -2.03. The minimum absolute atomic E-state index is 0.568. The van der Waals surface area contributed by atoms with Gasteiger partial charge >= 0.3 is 0 Å². The van der Waals surface area contributed by atoms with Gasteiger partial charge in [-0.2, -0.15) is 0 Å². The molecule has 0 aliphatic rings. The van der Waals surface area contributed by atoms with Crippen molar-refractivity contribution in [1.82, 2.24) is 0 Å². The van der Waals surface area contributed by atoms with Gasteiger partial charge in [0, 0.05) is 22.8 Å². The minimum atomic E-state index is 0.568. The van der Waals surface area contributed by atoms with Crippen LogP contribution in [0.25, 0.3) is 0 Å². The molecule has 0 heterocycles. The lowest BCUT2D eigenvalue weighted by atomic mass is 10.2. The maximum Gasteiger partial charge on any atom is 0.124 e. The van der Waals surface area contributed by atoms with E-state index in [1.54, 1.807) is 0 Å². The molecule has 0 bridgehead atoms. The number of para-hydroxylation sites is 1. The van der Waals surface area contributed by atoms with Gasteiger partial charge in [-0.3, -0.25) is 0 Å². The Labute approximate surface area is 141 Å². The lowest BCUT2D eigenvalue weighted by Gasteiger charge is -2.13. The Bertz CT molecular complexity index is 741. The fraction of sp³-hybridized carbons (Fsp3) is 0.100. The number of nitrogens with one attached hydrogen (secondary N) is 1. The Morgan fingerprint density at radius 3 is 2.26 bits per heavy atom. The van der Waals surface area contributed by atoms with E-state index < -0.39 is 0 Å². The van der Waals surface area contributed by atoms with Crippen molar-refractivity contribution in [3.63, 3.8) is 0 Å². The van der Waals surface area contributed by atoms with E-state index in [1.165, 1.54) is 0 Å². The smallest absolute Gasteiger partial charge is 0.124 e. The average Bonchev–Trinajstić information content (AvgIpc) is 2.61. The fourth-order valence-electron chi connectivity index (χ4n) is 2.29. The van der Waals surface area contributed by atoms with Crippen LogP contribution in [0.4, 0.5) is 5.69 Å². The summed E-state index contributed by atoms with van der Waals surface area (Å²) in [5.74, 6) is 0.901. The predicted octanol–water partition coefficient (Wildman–Crippen LogP) is 5.53. The van der Waals surface area contributed by atoms with Crippen LogP contribution in [0, 0.1) is 0 Å². The first-order valence-corrected chi connectivity index (χ1v) is 7.93. The Morgan fingerprint density at radius 1 is 0.783 bits per heavy atom. The van der Waals surface area contributed by atoms with Crippen LogP contribution < -0.4 is 10.1 Å². The average molecular weight is 324 g/mol. The Hall–Kier alpha value is -2.45. The summed E-state index contributed by atoms with van der Waals surface area (Å²) in [6.07, 6.45) is 0. The van der Waals surface area contributed by atoms with Gasteiger partial charge in [0.05, 0.1) is 0 Å². The first-order chi connectivity index (χ1) is 11.3. The molecule has 0 aliphatic heterocycles. The van der Waals surface area contributed by atoms with Crippen molar-refractivity contribution in [2.45, 2.75) is 13.2 Å². The van der Waals surface area contributed by atoms with Crippen molar-refractivity contribution in [2.24, 2.45) is 0 Å². The third-order valence-electron chi connectivity index (χ3n) is 3.54. The molecule has 0 fully saturated rings. The summed E-state index contributed by atoms with van der Waals surface area (Å²) in [5, 5.41) is 4.13. The quantitative estimate of drug-likeness (QED) is 0.644. The Kier molecular flexibility index (Phi) is 5.17. The van der Waals surface area contributed by atoms with Crippen LogP contribution in [-0.2, 0) is 13.2 Å². The van der Waals surface area contributed by atoms with E-state index in [-0.39, 0.29) is 0 Å². The van der Waals surface area contributed by atoms with Gasteiger partial charge in [0.1, 0.15) is 12.4 Å². The standard InChI is InChI=1S/C20H18ClNO/c21-18-10-12-19(13-11-18)22-14-17-8-4-5-9-20(17)23-15-16-6-2-1-3-7-16/h1-13,22H,14-15H2. The van der Waals surface area contributed by atoms with Crippen LogP contribution in [0.3, 0.4) is 0 Å². The molecule has 116 valence electrons. The summed E-state index contributed by atoms with van der Waals surface area (Å²) < 4.78 is 5.97. The molecule has 0 atom stereocenters. The summed E-state index contributed by atoms with van der Waals surface area (Å²) in [4.78, 5) is 0. The molecule has 0 radical (unpaired) electrons. The highest BCUT2D eigenvalue weighted by molar-refractivity contribution is 6.30. The molecule has 0 aromatic heterocycles. The topological polar surface area (TPSA) is 21.3 Å². The molecular formula is C20H18ClNO. The number of ether oxygens (including phenoxy) is 1. The maximum atomic E-state index is 5.97. The summed E-state index contributed by atoms with van der Waals surface area (Å²) in [6.45, 7) is 1.27. The number of halogens is 1. The largest absolute Gasteiger partial charge is 0.489 e. The molecule has 23 heavy (non-hydrogen) atoms. The van der Waals surface area contributed by atoms with Crippen molar-refractivity contribution in [3.05, 3.63) is 95.0 Å². The summed E-state index contributed by atoms with van der Waals surface area (Å²) in [6, 6.07) is 26.0. The van der Waals surface area contributed by atoms with Crippen LogP contribution in [0.2, 0.25) is 5.02 Å². The van der Waals surface area contributed by atoms with E-state index in [1.807, 2.05) is 60.7 Å². The van der Waals surface area contributed by atoms with Gasteiger partial charge < -0.3 is 10.1 Å². The number of hydrogen-bond acceptors (Lipinski definition) is 2. The Morgan fingerprint density at radius 2 is 1.48 bits per heavy atom. The first-order valence-electron chi connectivity index (χ1n) is 7.55. The number of benzene rings is 3. The molecule has 2 nitrogen and oxygen atoms in total. The van der Waals surface area contributed by atoms with Crippen LogP contribution in [0.1, 0.15) is 11.1 Å². The van der Waals surface area contributed by atoms with Crippen molar-refractivity contribution >= 4 is 17.3 Å². The molecule has 1 N–H and O–H groups in total. The van der Waals surface area contributed by atoms with Crippen LogP contribution in [0.5, 0.6) is 5.75 Å². The Balaban J connectivity index is 1.64. The lowest BCUT2D eigenvalue weighted by molar-refractivity contribution is 0.303. The molecule has 0 saturated heterocycles. The van der Waals surface area contributed by atoms with Crippen molar-refractivity contribution in [1.29, 1.82) is 0 Å². The van der Waals surface area contributed by atoms with Crippen molar-refractivity contribution < 1.29 is 4.74 Å². The van der Waals surface area contributed by atoms with Gasteiger partial charge in [-0.25, -0.2) is 0 Å². The zero-order valence-corrected chi connectivity index (χ0v) is 13.5. The number of anilines is 1. The normalized spacial score (nSPS) is 10.3. The third kappa shape index (κ3) is 4.51. The van der Waals surface area contributed by atoms with Crippen LogP contribution in [0.15, 0.2) is 78.9 Å². The van der Waals surface area contributed by atoms with Crippen molar-refractivity contribution in [2.75, 3.05) is 5.32 Å². The summed E-state index contributed by atoms with van der Waals surface area (Å²) in [7, 11) is 0. The molecule has 0 spiro atoms. The summed E-state index contributed by atoms with van der Waals surface area (Å²) in [5.41, 5.74) is 3.32. The SMILES string of the molecule is Clc1ccc(NCc2ccccc2OCc2ccccc2)cc1. The number of rotatable bonds is 6. The van der Waals surface area contributed by atoms with Gasteiger partial charge in [0.2, 0.25) is 0 Å². The molecule has 0 aliphatic carbocycles. The molecule has 0 amide bonds. The highest BCUT2D eigenvalue weighted by Crippen LogP contribution is 2.21. The molecule has 3 aromatic carbocycles. The molecule has 3 rings (SSSR count). The van der Waals surface area contributed by atoms with Crippen molar-refractivity contribution in [3.8, 4) is 5.75 Å². The van der Waals surface area contributed by atoms with Gasteiger partial charge in [-0.15, -0.1) is 0 Å². The van der Waals surface area contributed by atoms with E-state index in [0.717, 1.165) is 27.6 Å². The van der Waals surface area contributed by atoms with Gasteiger partial charge in [0.25, 0.3) is 0 Å². The fourth-order valence-corrected chi connectivity index (χ4v) is 2.42. The molecule has 0 unspecified atom stereocenters. The zero-order chi connectivity index (χ0) is 15.9. The zero-order valence-electron chi connectivity index (χ0n) is 12.7. The van der Waals surface area contributed by atoms with E-state index in [4.69, 9.17) is 16.3 Å². The first kappa shape index (κ1) is 15.4. The monoisotopic (exact) mass is 323 g/mol. The summed E-state index contributed by atoms with van der Waals surface area (Å²) >= 11 is 5.91. The van der Waals surface area contributed by atoms with E-state index in [0.29, 0.717) is 13.2 Å². The highest BCUT2D eigenvalue weighted by atomic mass is 35.5. The van der Waals surface area contributed by atoms with E-state index in [2.05, 4.69) is 23.5 Å². The second kappa shape index (κ2) is 7.70. The number of hydrogen-bond donors (Lipinski definition) is 1. The predicted molar refractivity (Wildman–Crippen MR) is 96.0 cm³/mol. The minimum Gasteiger partial charge on any atom is -0.489 e. The van der Waals surface area contributed by atoms with E-state index in [9.17, 15) is 0 Å². The van der Waals surface area contributed by atoms with Gasteiger partial charge in [-0.05, 0) is 35.9 Å². The third-order valence-corrected chi connectivity index (χ3v) is 3.79. The van der Waals surface area contributed by atoms with Gasteiger partial charge in [0.15, 0.2) is 0 Å². The second-order valence-corrected chi connectivity index (χ2v) is 5.68. The van der Waals surface area contributed by atoms with Crippen LogP contribution in [-0.4, -0.2) is 0 Å². The maximum absolute atomic E-state index is 5.97. The molecule has 0 saturated carbocycles. The molecule has 3 aromatic rings.